The molecule has 2 aromatic rings. The molecule has 0 aromatic heterocycles. The van der Waals surface area contributed by atoms with Gasteiger partial charge in [0.1, 0.15) is 11.5 Å². The highest BCUT2D eigenvalue weighted by Gasteiger charge is 2.60. The Bertz CT molecular complexity index is 760. The Balaban J connectivity index is 2.05. The van der Waals surface area contributed by atoms with Gasteiger partial charge in [0, 0.05) is 11.0 Å². The number of hydrogen-bond acceptors (Lipinski definition) is 3. The van der Waals surface area contributed by atoms with Crippen molar-refractivity contribution >= 4 is 5.91 Å². The highest BCUT2D eigenvalue weighted by molar-refractivity contribution is 5.86. The predicted molar refractivity (Wildman–Crippen MR) is 103 cm³/mol. The molecule has 2 aromatic carbocycles. The van der Waals surface area contributed by atoms with Crippen LogP contribution in [0, 0.1) is 5.92 Å². The maximum Gasteiger partial charge on any atom is 0.224 e. The van der Waals surface area contributed by atoms with E-state index in [2.05, 4.69) is 17.4 Å². The SMILES string of the molecule is COc1cccc(C2(c3cccc(OC)c3)CC2C(=O)NC(C)(C)C)c1. The molecule has 26 heavy (non-hydrogen) atoms. The summed E-state index contributed by atoms with van der Waals surface area (Å²) in [4.78, 5) is 12.9. The second kappa shape index (κ2) is 6.67. The number of methoxy groups -OCH3 is 2. The summed E-state index contributed by atoms with van der Waals surface area (Å²) in [5.74, 6) is 1.57. The lowest BCUT2D eigenvalue weighted by Gasteiger charge is -2.24. The van der Waals surface area contributed by atoms with Crippen LogP contribution in [0.2, 0.25) is 0 Å². The van der Waals surface area contributed by atoms with E-state index >= 15 is 0 Å². The fourth-order valence-electron chi connectivity index (χ4n) is 3.64. The molecule has 3 rings (SSSR count). The van der Waals surface area contributed by atoms with Crippen molar-refractivity contribution < 1.29 is 14.3 Å². The molecule has 1 atom stereocenters. The van der Waals surface area contributed by atoms with Crippen LogP contribution in [0.1, 0.15) is 38.3 Å². The lowest BCUT2D eigenvalue weighted by Crippen LogP contribution is -2.42. The highest BCUT2D eigenvalue weighted by atomic mass is 16.5. The minimum absolute atomic E-state index is 0.0862. The molecule has 1 fully saturated rings. The number of hydrogen-bond donors (Lipinski definition) is 1. The topological polar surface area (TPSA) is 47.6 Å². The molecule has 1 aliphatic carbocycles. The molecule has 1 N–H and O–H groups in total. The molecule has 1 aliphatic rings. The number of rotatable bonds is 5. The Kier molecular flexibility index (Phi) is 4.70. The van der Waals surface area contributed by atoms with E-state index < -0.39 is 0 Å². The normalized spacial score (nSPS) is 18.1. The quantitative estimate of drug-likeness (QED) is 0.886. The Morgan fingerprint density at radius 1 is 1.00 bits per heavy atom. The van der Waals surface area contributed by atoms with Crippen LogP contribution in [-0.4, -0.2) is 25.7 Å². The molecule has 0 saturated heterocycles. The van der Waals surface area contributed by atoms with Gasteiger partial charge in [0.15, 0.2) is 0 Å². The first-order valence-corrected chi connectivity index (χ1v) is 8.91. The Labute approximate surface area is 155 Å². The average Bonchev–Trinajstić information content (AvgIpc) is 3.38. The third-order valence-corrected chi connectivity index (χ3v) is 4.95. The Morgan fingerprint density at radius 2 is 1.50 bits per heavy atom. The van der Waals surface area contributed by atoms with Crippen LogP contribution in [0.25, 0.3) is 0 Å². The number of amides is 1. The van der Waals surface area contributed by atoms with E-state index in [1.807, 2.05) is 57.2 Å². The monoisotopic (exact) mass is 353 g/mol. The third kappa shape index (κ3) is 3.41. The molecule has 1 unspecified atom stereocenters. The molecule has 0 heterocycles. The van der Waals surface area contributed by atoms with Gasteiger partial charge < -0.3 is 14.8 Å². The molecule has 0 spiro atoms. The summed E-state index contributed by atoms with van der Waals surface area (Å²) in [5, 5.41) is 3.13. The standard InChI is InChI=1S/C22H27NO3/c1-21(2,3)23-20(24)19-14-22(19,15-8-6-10-17(12-15)25-4)16-9-7-11-18(13-16)26-5/h6-13,19H,14H2,1-5H3,(H,23,24). The molecule has 0 bridgehead atoms. The highest BCUT2D eigenvalue weighted by Crippen LogP contribution is 2.59. The van der Waals surface area contributed by atoms with Gasteiger partial charge in [-0.05, 0) is 62.6 Å². The molecule has 4 heteroatoms. The summed E-state index contributed by atoms with van der Waals surface area (Å²) in [6.45, 7) is 6.02. The minimum atomic E-state index is -0.349. The van der Waals surface area contributed by atoms with Crippen LogP contribution in [0.4, 0.5) is 0 Å². The zero-order valence-corrected chi connectivity index (χ0v) is 16.1. The lowest BCUT2D eigenvalue weighted by atomic mass is 9.85. The third-order valence-electron chi connectivity index (χ3n) is 4.95. The summed E-state index contributed by atoms with van der Waals surface area (Å²) in [7, 11) is 3.32. The Hall–Kier alpha value is -2.49. The van der Waals surface area contributed by atoms with Crippen LogP contribution < -0.4 is 14.8 Å². The first-order chi connectivity index (χ1) is 12.3. The zero-order chi connectivity index (χ0) is 18.9. The van der Waals surface area contributed by atoms with Crippen molar-refractivity contribution in [1.29, 1.82) is 0 Å². The average molecular weight is 353 g/mol. The Morgan fingerprint density at radius 3 is 1.92 bits per heavy atom. The van der Waals surface area contributed by atoms with Crippen LogP contribution in [-0.2, 0) is 10.2 Å². The molecular formula is C22H27NO3. The lowest BCUT2D eigenvalue weighted by molar-refractivity contribution is -0.124. The van der Waals surface area contributed by atoms with Gasteiger partial charge in [-0.3, -0.25) is 4.79 Å². The van der Waals surface area contributed by atoms with Gasteiger partial charge in [-0.2, -0.15) is 0 Å². The van der Waals surface area contributed by atoms with Crippen molar-refractivity contribution in [2.45, 2.75) is 38.1 Å². The fourth-order valence-corrected chi connectivity index (χ4v) is 3.64. The van der Waals surface area contributed by atoms with Gasteiger partial charge in [0.2, 0.25) is 5.91 Å². The van der Waals surface area contributed by atoms with Crippen molar-refractivity contribution in [1.82, 2.24) is 5.32 Å². The van der Waals surface area contributed by atoms with Gasteiger partial charge in [0.05, 0.1) is 20.1 Å². The van der Waals surface area contributed by atoms with Crippen molar-refractivity contribution in [2.75, 3.05) is 14.2 Å². The molecular weight excluding hydrogens is 326 g/mol. The number of nitrogens with one attached hydrogen (secondary N) is 1. The first kappa shape index (κ1) is 18.3. The molecule has 1 amide bonds. The first-order valence-electron chi connectivity index (χ1n) is 8.91. The van der Waals surface area contributed by atoms with Crippen LogP contribution >= 0.6 is 0 Å². The summed E-state index contributed by atoms with van der Waals surface area (Å²) in [5.41, 5.74) is 1.59. The molecule has 0 aliphatic heterocycles. The number of carbonyl (C=O) groups excluding carboxylic acids is 1. The summed E-state index contributed by atoms with van der Waals surface area (Å²) >= 11 is 0. The van der Waals surface area contributed by atoms with Gasteiger partial charge in [-0.25, -0.2) is 0 Å². The van der Waals surface area contributed by atoms with Crippen LogP contribution in [0.15, 0.2) is 48.5 Å². The van der Waals surface area contributed by atoms with Crippen LogP contribution in [0.3, 0.4) is 0 Å². The number of carbonyl (C=O) groups is 1. The minimum Gasteiger partial charge on any atom is -0.497 e. The molecule has 4 nitrogen and oxygen atoms in total. The van der Waals surface area contributed by atoms with E-state index in [1.54, 1.807) is 14.2 Å². The zero-order valence-electron chi connectivity index (χ0n) is 16.1. The summed E-state index contributed by atoms with van der Waals surface area (Å²) < 4.78 is 10.8. The second-order valence-corrected chi connectivity index (χ2v) is 7.93. The van der Waals surface area contributed by atoms with Gasteiger partial charge in [0.25, 0.3) is 0 Å². The number of benzene rings is 2. The molecule has 138 valence electrons. The van der Waals surface area contributed by atoms with Crippen molar-refractivity contribution in [3.63, 3.8) is 0 Å². The van der Waals surface area contributed by atoms with Crippen LogP contribution in [0.5, 0.6) is 11.5 Å². The van der Waals surface area contributed by atoms with E-state index in [-0.39, 0.29) is 22.8 Å². The van der Waals surface area contributed by atoms with Gasteiger partial charge in [-0.1, -0.05) is 24.3 Å². The fraction of sp³-hybridized carbons (Fsp3) is 0.409. The van der Waals surface area contributed by atoms with E-state index in [9.17, 15) is 4.79 Å². The van der Waals surface area contributed by atoms with Crippen molar-refractivity contribution in [3.05, 3.63) is 59.7 Å². The second-order valence-electron chi connectivity index (χ2n) is 7.93. The molecule has 1 saturated carbocycles. The van der Waals surface area contributed by atoms with E-state index in [1.165, 1.54) is 0 Å². The van der Waals surface area contributed by atoms with E-state index in [4.69, 9.17) is 9.47 Å². The maximum absolute atomic E-state index is 12.9. The smallest absolute Gasteiger partial charge is 0.224 e. The largest absolute Gasteiger partial charge is 0.497 e. The van der Waals surface area contributed by atoms with E-state index in [0.717, 1.165) is 29.0 Å². The van der Waals surface area contributed by atoms with Gasteiger partial charge >= 0.3 is 0 Å². The van der Waals surface area contributed by atoms with Crippen molar-refractivity contribution in [2.24, 2.45) is 5.92 Å². The predicted octanol–water partition coefficient (Wildman–Crippen LogP) is 3.92. The molecule has 0 radical (unpaired) electrons. The summed E-state index contributed by atoms with van der Waals surface area (Å²) in [6, 6.07) is 16.0. The van der Waals surface area contributed by atoms with Crippen molar-refractivity contribution in [3.8, 4) is 11.5 Å². The number of ether oxygens (including phenoxy) is 2. The summed E-state index contributed by atoms with van der Waals surface area (Å²) in [6.07, 6.45) is 0.773. The van der Waals surface area contributed by atoms with E-state index in [0.29, 0.717) is 0 Å². The van der Waals surface area contributed by atoms with Gasteiger partial charge in [-0.15, -0.1) is 0 Å². The maximum atomic E-state index is 12.9.